The lowest BCUT2D eigenvalue weighted by Crippen LogP contribution is -2.27. The summed E-state index contributed by atoms with van der Waals surface area (Å²) >= 11 is 0. The maximum absolute atomic E-state index is 11.9. The van der Waals surface area contributed by atoms with E-state index in [1.807, 2.05) is 26.0 Å². The van der Waals surface area contributed by atoms with Gasteiger partial charge < -0.3 is 11.1 Å². The summed E-state index contributed by atoms with van der Waals surface area (Å²) in [5.41, 5.74) is 9.11. The number of hydrogen-bond donors (Lipinski definition) is 2. The van der Waals surface area contributed by atoms with Crippen molar-refractivity contribution in [1.82, 2.24) is 0 Å². The SMILES string of the molecule is CC(C)(C)CC(N)c1ccc2c(c1)C(C)(C)C(=O)N2. The van der Waals surface area contributed by atoms with Crippen LogP contribution in [-0.4, -0.2) is 5.91 Å². The lowest BCUT2D eigenvalue weighted by molar-refractivity contribution is -0.119. The molecule has 0 fully saturated rings. The molecule has 1 aromatic carbocycles. The number of anilines is 1. The number of rotatable bonds is 2. The Morgan fingerprint density at radius 3 is 2.53 bits per heavy atom. The highest BCUT2D eigenvalue weighted by Gasteiger charge is 2.38. The minimum absolute atomic E-state index is 0.0109. The lowest BCUT2D eigenvalue weighted by atomic mass is 9.82. The van der Waals surface area contributed by atoms with Crippen molar-refractivity contribution >= 4 is 11.6 Å². The number of carbonyl (C=O) groups is 1. The Kier molecular flexibility index (Phi) is 3.21. The first-order valence-electron chi connectivity index (χ1n) is 6.83. The van der Waals surface area contributed by atoms with Gasteiger partial charge in [0.2, 0.25) is 5.91 Å². The predicted octanol–water partition coefficient (Wildman–Crippen LogP) is 3.35. The molecule has 0 spiro atoms. The number of hydrogen-bond acceptors (Lipinski definition) is 2. The second-order valence-corrected chi connectivity index (χ2v) is 7.26. The number of nitrogens with two attached hydrogens (primary N) is 1. The standard InChI is InChI=1S/C16H24N2O/c1-15(2,3)9-12(17)10-6-7-13-11(8-10)16(4,5)14(19)18-13/h6-8,12H,9,17H2,1-5H3,(H,18,19). The lowest BCUT2D eigenvalue weighted by Gasteiger charge is -2.24. The summed E-state index contributed by atoms with van der Waals surface area (Å²) in [6.45, 7) is 10.5. The molecular formula is C16H24N2O. The Morgan fingerprint density at radius 2 is 1.95 bits per heavy atom. The van der Waals surface area contributed by atoms with Crippen LogP contribution < -0.4 is 11.1 Å². The number of carbonyl (C=O) groups excluding carboxylic acids is 1. The van der Waals surface area contributed by atoms with E-state index in [9.17, 15) is 4.79 Å². The fourth-order valence-corrected chi connectivity index (χ4v) is 2.60. The first kappa shape index (κ1) is 14.1. The second-order valence-electron chi connectivity index (χ2n) is 7.26. The maximum Gasteiger partial charge on any atom is 0.234 e. The van der Waals surface area contributed by atoms with Crippen LogP contribution in [0.15, 0.2) is 18.2 Å². The van der Waals surface area contributed by atoms with Crippen molar-refractivity contribution in [3.63, 3.8) is 0 Å². The predicted molar refractivity (Wildman–Crippen MR) is 79.1 cm³/mol. The largest absolute Gasteiger partial charge is 0.325 e. The molecule has 3 heteroatoms. The molecule has 1 aliphatic rings. The molecule has 0 saturated carbocycles. The highest BCUT2D eigenvalue weighted by molar-refractivity contribution is 6.05. The summed E-state index contributed by atoms with van der Waals surface area (Å²) in [6.07, 6.45) is 0.924. The van der Waals surface area contributed by atoms with Gasteiger partial charge in [0.15, 0.2) is 0 Å². The van der Waals surface area contributed by atoms with Crippen LogP contribution in [0.1, 0.15) is 58.2 Å². The molecule has 1 atom stereocenters. The van der Waals surface area contributed by atoms with Crippen molar-refractivity contribution in [2.45, 2.75) is 52.5 Å². The van der Waals surface area contributed by atoms with Crippen molar-refractivity contribution in [3.8, 4) is 0 Å². The molecule has 0 aromatic heterocycles. The summed E-state index contributed by atoms with van der Waals surface area (Å²) in [7, 11) is 0. The Labute approximate surface area is 115 Å². The van der Waals surface area contributed by atoms with E-state index in [1.165, 1.54) is 0 Å². The first-order chi connectivity index (χ1) is 8.61. The van der Waals surface area contributed by atoms with Gasteiger partial charge in [-0.05, 0) is 42.9 Å². The number of amides is 1. The van der Waals surface area contributed by atoms with E-state index in [0.717, 1.165) is 23.2 Å². The fourth-order valence-electron chi connectivity index (χ4n) is 2.60. The second kappa shape index (κ2) is 4.34. The summed E-state index contributed by atoms with van der Waals surface area (Å²) in [6, 6.07) is 6.09. The van der Waals surface area contributed by atoms with Crippen LogP contribution in [0.5, 0.6) is 0 Å². The van der Waals surface area contributed by atoms with Crippen molar-refractivity contribution < 1.29 is 4.79 Å². The molecule has 2 rings (SSSR count). The molecule has 1 amide bonds. The van der Waals surface area contributed by atoms with E-state index in [4.69, 9.17) is 5.73 Å². The normalized spacial score (nSPS) is 18.9. The van der Waals surface area contributed by atoms with Gasteiger partial charge in [-0.25, -0.2) is 0 Å². The first-order valence-corrected chi connectivity index (χ1v) is 6.83. The third-order valence-corrected chi connectivity index (χ3v) is 3.79. The van der Waals surface area contributed by atoms with Gasteiger partial charge >= 0.3 is 0 Å². The van der Waals surface area contributed by atoms with Crippen molar-refractivity contribution in [1.29, 1.82) is 0 Å². The zero-order valence-electron chi connectivity index (χ0n) is 12.5. The molecule has 0 aliphatic carbocycles. The smallest absolute Gasteiger partial charge is 0.234 e. The zero-order chi connectivity index (χ0) is 14.4. The van der Waals surface area contributed by atoms with Gasteiger partial charge in [-0.2, -0.15) is 0 Å². The molecule has 0 saturated heterocycles. The summed E-state index contributed by atoms with van der Waals surface area (Å²) in [4.78, 5) is 11.9. The highest BCUT2D eigenvalue weighted by Crippen LogP contribution is 2.39. The van der Waals surface area contributed by atoms with Gasteiger partial charge in [-0.15, -0.1) is 0 Å². The number of nitrogens with one attached hydrogen (secondary N) is 1. The van der Waals surface area contributed by atoms with E-state index < -0.39 is 5.41 Å². The molecule has 1 aliphatic heterocycles. The van der Waals surface area contributed by atoms with Crippen molar-refractivity contribution in [2.24, 2.45) is 11.1 Å². The zero-order valence-corrected chi connectivity index (χ0v) is 12.5. The van der Waals surface area contributed by atoms with Crippen LogP contribution in [0.4, 0.5) is 5.69 Å². The summed E-state index contributed by atoms with van der Waals surface area (Å²) in [5, 5.41) is 2.92. The molecule has 0 bridgehead atoms. The van der Waals surface area contributed by atoms with Crippen LogP contribution >= 0.6 is 0 Å². The van der Waals surface area contributed by atoms with Crippen LogP contribution in [0.3, 0.4) is 0 Å². The van der Waals surface area contributed by atoms with Crippen LogP contribution in [0, 0.1) is 5.41 Å². The average molecular weight is 260 g/mol. The average Bonchev–Trinajstić information content (AvgIpc) is 2.47. The van der Waals surface area contributed by atoms with Gasteiger partial charge in [0, 0.05) is 11.7 Å². The molecule has 3 nitrogen and oxygen atoms in total. The Hall–Kier alpha value is -1.35. The van der Waals surface area contributed by atoms with Gasteiger partial charge in [-0.3, -0.25) is 4.79 Å². The summed E-state index contributed by atoms with van der Waals surface area (Å²) < 4.78 is 0. The fraction of sp³-hybridized carbons (Fsp3) is 0.562. The number of benzene rings is 1. The van der Waals surface area contributed by atoms with Crippen LogP contribution in [-0.2, 0) is 10.2 Å². The minimum Gasteiger partial charge on any atom is -0.325 e. The van der Waals surface area contributed by atoms with E-state index in [-0.39, 0.29) is 17.4 Å². The van der Waals surface area contributed by atoms with Gasteiger partial charge in [0.25, 0.3) is 0 Å². The van der Waals surface area contributed by atoms with Crippen molar-refractivity contribution in [2.75, 3.05) is 5.32 Å². The quantitative estimate of drug-likeness (QED) is 0.856. The molecular weight excluding hydrogens is 236 g/mol. The van der Waals surface area contributed by atoms with E-state index in [2.05, 4.69) is 32.2 Å². The van der Waals surface area contributed by atoms with Crippen LogP contribution in [0.25, 0.3) is 0 Å². The van der Waals surface area contributed by atoms with Crippen LogP contribution in [0.2, 0.25) is 0 Å². The molecule has 3 N–H and O–H groups in total. The molecule has 104 valence electrons. The Bertz CT molecular complexity index is 512. The maximum atomic E-state index is 11.9. The third kappa shape index (κ3) is 2.66. The van der Waals surface area contributed by atoms with Crippen molar-refractivity contribution in [3.05, 3.63) is 29.3 Å². The van der Waals surface area contributed by atoms with E-state index in [1.54, 1.807) is 0 Å². The topological polar surface area (TPSA) is 55.1 Å². The van der Waals surface area contributed by atoms with Gasteiger partial charge in [-0.1, -0.05) is 32.9 Å². The minimum atomic E-state index is -0.465. The summed E-state index contributed by atoms with van der Waals surface area (Å²) in [5.74, 6) is 0.0593. The molecule has 1 heterocycles. The monoisotopic (exact) mass is 260 g/mol. The van der Waals surface area contributed by atoms with E-state index in [0.29, 0.717) is 0 Å². The third-order valence-electron chi connectivity index (χ3n) is 3.79. The molecule has 1 unspecified atom stereocenters. The molecule has 19 heavy (non-hydrogen) atoms. The molecule has 1 aromatic rings. The Balaban J connectivity index is 2.33. The number of fused-ring (bicyclic) bond motifs is 1. The molecule has 0 radical (unpaired) electrons. The van der Waals surface area contributed by atoms with Gasteiger partial charge in [0.05, 0.1) is 5.41 Å². The van der Waals surface area contributed by atoms with E-state index >= 15 is 0 Å². The highest BCUT2D eigenvalue weighted by atomic mass is 16.2. The Morgan fingerprint density at radius 1 is 1.32 bits per heavy atom. The van der Waals surface area contributed by atoms with Gasteiger partial charge in [0.1, 0.15) is 0 Å².